The molecule has 2 amide bonds. The Morgan fingerprint density at radius 3 is 2.37 bits per heavy atom. The first-order chi connectivity index (χ1) is 25.7. The van der Waals surface area contributed by atoms with Crippen molar-refractivity contribution in [1.29, 1.82) is 0 Å². The minimum Gasteiger partial charge on any atom is -0.444 e. The molecule has 3 fully saturated rings. The number of β-amino-alcohol motifs (C(OH)–C–C–N with tert-alkyl or cyclic N) is 1. The molecular formula is C39H57F3N6O5S. The normalized spacial score (nSPS) is 20.2. The van der Waals surface area contributed by atoms with Gasteiger partial charge in [-0.05, 0) is 77.6 Å². The Morgan fingerprint density at radius 2 is 1.69 bits per heavy atom. The van der Waals surface area contributed by atoms with Gasteiger partial charge in [0.15, 0.2) is 0 Å². The highest BCUT2D eigenvalue weighted by Gasteiger charge is 2.36. The second-order valence-electron chi connectivity index (χ2n) is 16.2. The van der Waals surface area contributed by atoms with Gasteiger partial charge in [0, 0.05) is 92.7 Å². The predicted molar refractivity (Wildman–Crippen MR) is 201 cm³/mol. The summed E-state index contributed by atoms with van der Waals surface area (Å²) in [5, 5.41) is 16.2. The van der Waals surface area contributed by atoms with Crippen LogP contribution >= 0.6 is 11.8 Å². The first-order valence-corrected chi connectivity index (χ1v) is 20.6. The number of piperidine rings is 2. The number of alkyl halides is 3. The number of rotatable bonds is 11. The maximum atomic E-state index is 14.3. The van der Waals surface area contributed by atoms with Crippen LogP contribution in [-0.4, -0.2) is 136 Å². The van der Waals surface area contributed by atoms with Gasteiger partial charge in [0.25, 0.3) is 0 Å². The second kappa shape index (κ2) is 18.0. The van der Waals surface area contributed by atoms with Crippen LogP contribution in [-0.2, 0) is 40.0 Å². The largest absolute Gasteiger partial charge is 0.444 e. The standard InChI is InChI=1S/C39H57F3N6O5S/c1-38(2,3)53-37(51)46-14-9-28(10-15-46)23-35(50)47-16-11-33-31(27-47)36(43-48(33)26-30(49)25-45-12-5-4-6-13-45)29-7-8-32(39(40,41)42)34(24-29)54-22-19-44-17-20-52-21-18-44/h7-8,24,28,30,49H,4-6,9-23,25-27H2,1-3H3. The zero-order chi connectivity index (χ0) is 38.5. The molecule has 0 spiro atoms. The monoisotopic (exact) mass is 778 g/mol. The van der Waals surface area contributed by atoms with Crippen LogP contribution < -0.4 is 0 Å². The van der Waals surface area contributed by atoms with Gasteiger partial charge in [-0.25, -0.2) is 4.79 Å². The summed E-state index contributed by atoms with van der Waals surface area (Å²) in [7, 11) is 0. The highest BCUT2D eigenvalue weighted by atomic mass is 32.2. The Kier molecular flexibility index (Phi) is 13.6. The molecule has 1 unspecified atom stereocenters. The van der Waals surface area contributed by atoms with E-state index in [-0.39, 0.29) is 29.4 Å². The SMILES string of the molecule is CC(C)(C)OC(=O)N1CCC(CC(=O)N2CCc3c(c(-c4ccc(C(F)(F)F)c(SCCN5CCOCC5)c4)nn3CC(O)CN3CCCCC3)C2)CC1. The Hall–Kier alpha value is -2.85. The van der Waals surface area contributed by atoms with Crippen LogP contribution in [0.4, 0.5) is 18.0 Å². The molecule has 1 aromatic carbocycles. The Bertz CT molecular complexity index is 1580. The summed E-state index contributed by atoms with van der Waals surface area (Å²) in [4.78, 5) is 34.6. The fraction of sp³-hybridized carbons (Fsp3) is 0.718. The smallest absolute Gasteiger partial charge is 0.417 e. The minimum absolute atomic E-state index is 0.0203. The van der Waals surface area contributed by atoms with E-state index in [4.69, 9.17) is 14.6 Å². The van der Waals surface area contributed by atoms with E-state index in [1.54, 1.807) is 11.0 Å². The molecule has 0 radical (unpaired) electrons. The van der Waals surface area contributed by atoms with Crippen LogP contribution in [0, 0.1) is 5.92 Å². The van der Waals surface area contributed by atoms with Gasteiger partial charge in [-0.15, -0.1) is 11.8 Å². The van der Waals surface area contributed by atoms with E-state index in [1.807, 2.05) is 30.4 Å². The van der Waals surface area contributed by atoms with Crippen LogP contribution in [0.3, 0.4) is 0 Å². The summed E-state index contributed by atoms with van der Waals surface area (Å²) in [5.41, 5.74) is 1.63. The molecule has 15 heteroatoms. The van der Waals surface area contributed by atoms with Crippen LogP contribution in [0.1, 0.15) is 76.1 Å². The number of fused-ring (bicyclic) bond motifs is 1. The first-order valence-electron chi connectivity index (χ1n) is 19.6. The van der Waals surface area contributed by atoms with E-state index in [0.29, 0.717) is 95.2 Å². The maximum absolute atomic E-state index is 14.3. The lowest BCUT2D eigenvalue weighted by atomic mass is 9.92. The number of nitrogens with zero attached hydrogens (tertiary/aromatic N) is 6. The molecule has 4 aliphatic heterocycles. The number of carbonyl (C=O) groups excluding carboxylic acids is 2. The number of hydrogen-bond acceptors (Lipinski definition) is 9. The van der Waals surface area contributed by atoms with Crippen molar-refractivity contribution in [2.45, 2.75) is 102 Å². The van der Waals surface area contributed by atoms with Gasteiger partial charge < -0.3 is 29.3 Å². The molecule has 6 rings (SSSR count). The molecule has 3 saturated heterocycles. The van der Waals surface area contributed by atoms with E-state index in [9.17, 15) is 27.9 Å². The zero-order valence-electron chi connectivity index (χ0n) is 32.0. The van der Waals surface area contributed by atoms with Crippen molar-refractivity contribution in [2.75, 3.05) is 77.9 Å². The van der Waals surface area contributed by atoms with E-state index in [1.165, 1.54) is 24.2 Å². The topological polar surface area (TPSA) is 104 Å². The van der Waals surface area contributed by atoms with Gasteiger partial charge in [-0.3, -0.25) is 14.4 Å². The predicted octanol–water partition coefficient (Wildman–Crippen LogP) is 5.76. The van der Waals surface area contributed by atoms with Crippen LogP contribution in [0.25, 0.3) is 11.3 Å². The first kappa shape index (κ1) is 40.8. The molecule has 0 aliphatic carbocycles. The number of halogens is 3. The van der Waals surface area contributed by atoms with Gasteiger partial charge >= 0.3 is 12.3 Å². The molecule has 1 aromatic heterocycles. The number of amides is 2. The number of hydrogen-bond donors (Lipinski definition) is 1. The van der Waals surface area contributed by atoms with E-state index in [2.05, 4.69) is 9.80 Å². The molecule has 5 heterocycles. The summed E-state index contributed by atoms with van der Waals surface area (Å²) in [6.07, 6.45) is 0.229. The molecule has 2 aromatic rings. The van der Waals surface area contributed by atoms with Crippen molar-refractivity contribution in [1.82, 2.24) is 29.4 Å². The Morgan fingerprint density at radius 1 is 0.963 bits per heavy atom. The molecule has 300 valence electrons. The van der Waals surface area contributed by atoms with Gasteiger partial charge in [-0.2, -0.15) is 18.3 Å². The molecule has 1 N–H and O–H groups in total. The number of thioether (sulfide) groups is 1. The van der Waals surface area contributed by atoms with Crippen molar-refractivity contribution in [3.05, 3.63) is 35.0 Å². The third kappa shape index (κ3) is 10.9. The molecule has 4 aliphatic rings. The van der Waals surface area contributed by atoms with Gasteiger partial charge in [0.1, 0.15) is 5.60 Å². The molecule has 54 heavy (non-hydrogen) atoms. The lowest BCUT2D eigenvalue weighted by molar-refractivity contribution is -0.139. The van der Waals surface area contributed by atoms with Crippen molar-refractivity contribution in [3.63, 3.8) is 0 Å². The highest BCUT2D eigenvalue weighted by molar-refractivity contribution is 7.99. The molecule has 0 saturated carbocycles. The zero-order valence-corrected chi connectivity index (χ0v) is 32.9. The number of benzene rings is 1. The van der Waals surface area contributed by atoms with E-state index < -0.39 is 23.4 Å². The highest BCUT2D eigenvalue weighted by Crippen LogP contribution is 2.40. The lowest BCUT2D eigenvalue weighted by Crippen LogP contribution is -2.43. The summed E-state index contributed by atoms with van der Waals surface area (Å²) < 4.78 is 55.6. The summed E-state index contributed by atoms with van der Waals surface area (Å²) in [6, 6.07) is 4.24. The molecule has 1 atom stereocenters. The summed E-state index contributed by atoms with van der Waals surface area (Å²) in [5.74, 6) is 0.657. The average molecular weight is 779 g/mol. The Labute approximate surface area is 321 Å². The molecule has 0 bridgehead atoms. The third-order valence-corrected chi connectivity index (χ3v) is 11.9. The second-order valence-corrected chi connectivity index (χ2v) is 17.3. The average Bonchev–Trinajstić information content (AvgIpc) is 3.48. The number of aliphatic hydroxyl groups excluding tert-OH is 1. The maximum Gasteiger partial charge on any atom is 0.417 e. The number of carbonyl (C=O) groups is 2. The number of morpholine rings is 1. The quantitative estimate of drug-likeness (QED) is 0.286. The third-order valence-electron chi connectivity index (χ3n) is 10.8. The fourth-order valence-corrected chi connectivity index (χ4v) is 9.06. The van der Waals surface area contributed by atoms with Gasteiger partial charge in [0.05, 0.1) is 37.1 Å². The minimum atomic E-state index is -4.51. The molecular weight excluding hydrogens is 722 g/mol. The van der Waals surface area contributed by atoms with Crippen molar-refractivity contribution in [2.24, 2.45) is 5.92 Å². The fourth-order valence-electron chi connectivity index (χ4n) is 7.94. The van der Waals surface area contributed by atoms with Gasteiger partial charge in [-0.1, -0.05) is 12.5 Å². The summed E-state index contributed by atoms with van der Waals surface area (Å²) in [6.45, 7) is 13.5. The van der Waals surface area contributed by atoms with Crippen LogP contribution in [0.5, 0.6) is 0 Å². The van der Waals surface area contributed by atoms with Crippen molar-refractivity contribution in [3.8, 4) is 11.3 Å². The molecule has 11 nitrogen and oxygen atoms in total. The number of aromatic nitrogens is 2. The summed E-state index contributed by atoms with van der Waals surface area (Å²) >= 11 is 1.20. The van der Waals surface area contributed by atoms with Crippen molar-refractivity contribution >= 4 is 23.8 Å². The van der Waals surface area contributed by atoms with Crippen LogP contribution in [0.15, 0.2) is 23.1 Å². The lowest BCUT2D eigenvalue weighted by Gasteiger charge is -2.34. The van der Waals surface area contributed by atoms with Crippen molar-refractivity contribution < 1.29 is 37.3 Å². The van der Waals surface area contributed by atoms with E-state index >= 15 is 0 Å². The van der Waals surface area contributed by atoms with Crippen LogP contribution in [0.2, 0.25) is 0 Å². The van der Waals surface area contributed by atoms with E-state index in [0.717, 1.165) is 56.3 Å². The number of likely N-dealkylation sites (tertiary alicyclic amines) is 2. The number of ether oxygens (including phenoxy) is 2. The Balaban J connectivity index is 1.20. The van der Waals surface area contributed by atoms with Gasteiger partial charge in [0.2, 0.25) is 5.91 Å². The number of aliphatic hydroxyl groups is 1.